The highest BCUT2D eigenvalue weighted by molar-refractivity contribution is 7.89. The minimum absolute atomic E-state index is 0.0464. The topological polar surface area (TPSA) is 114 Å². The van der Waals surface area contributed by atoms with Crippen molar-refractivity contribution in [1.82, 2.24) is 9.29 Å². The summed E-state index contributed by atoms with van der Waals surface area (Å²) in [6.45, 7) is 1.65. The van der Waals surface area contributed by atoms with Crippen molar-refractivity contribution in [2.75, 3.05) is 31.1 Å². The maximum Gasteiger partial charge on any atom is 0.243 e. The number of anilines is 1. The van der Waals surface area contributed by atoms with Crippen molar-refractivity contribution in [2.45, 2.75) is 35.5 Å². The Morgan fingerprint density at radius 1 is 0.828 bits per heavy atom. The second kappa shape index (κ2) is 7.67. The normalized spacial score (nSPS) is 18.4. The van der Waals surface area contributed by atoms with Crippen molar-refractivity contribution >= 4 is 25.9 Å². The summed E-state index contributed by atoms with van der Waals surface area (Å²) in [4.78, 5) is 6.41. The fourth-order valence-electron chi connectivity index (χ4n) is 3.90. The number of sulfonamides is 2. The first kappa shape index (κ1) is 20.3. The summed E-state index contributed by atoms with van der Waals surface area (Å²) in [6.07, 6.45) is 5.44. The molecule has 1 saturated heterocycles. The zero-order chi connectivity index (χ0) is 20.6. The highest BCUT2D eigenvalue weighted by Gasteiger charge is 2.29. The van der Waals surface area contributed by atoms with Crippen molar-refractivity contribution in [3.63, 3.8) is 0 Å². The van der Waals surface area contributed by atoms with Crippen molar-refractivity contribution in [3.05, 3.63) is 47.7 Å². The minimum atomic E-state index is -3.78. The van der Waals surface area contributed by atoms with E-state index in [2.05, 4.69) is 4.98 Å². The maximum atomic E-state index is 13.1. The molecule has 0 unspecified atom stereocenters. The fraction of sp³-hybridized carbons (Fsp3) is 0.421. The summed E-state index contributed by atoms with van der Waals surface area (Å²) in [5.41, 5.74) is 2.41. The van der Waals surface area contributed by atoms with E-state index in [0.29, 0.717) is 36.9 Å². The second-order valence-electron chi connectivity index (χ2n) is 7.43. The Morgan fingerprint density at radius 3 is 2.10 bits per heavy atom. The molecule has 0 spiro atoms. The van der Waals surface area contributed by atoms with Gasteiger partial charge in [-0.25, -0.2) is 27.0 Å². The van der Waals surface area contributed by atoms with Gasteiger partial charge >= 0.3 is 0 Å². The van der Waals surface area contributed by atoms with E-state index in [9.17, 15) is 16.8 Å². The van der Waals surface area contributed by atoms with Gasteiger partial charge in [-0.1, -0.05) is 6.07 Å². The van der Waals surface area contributed by atoms with E-state index in [1.165, 1.54) is 22.1 Å². The zero-order valence-corrected chi connectivity index (χ0v) is 17.6. The highest BCUT2D eigenvalue weighted by Crippen LogP contribution is 2.26. The lowest BCUT2D eigenvalue weighted by molar-refractivity contribution is 0.383. The summed E-state index contributed by atoms with van der Waals surface area (Å²) in [7, 11) is -7.32. The number of nitrogens with zero attached hydrogens (tertiary/aromatic N) is 3. The van der Waals surface area contributed by atoms with E-state index in [-0.39, 0.29) is 4.90 Å². The minimum Gasteiger partial charge on any atom is -0.354 e. The van der Waals surface area contributed by atoms with E-state index < -0.39 is 20.0 Å². The van der Waals surface area contributed by atoms with Gasteiger partial charge < -0.3 is 4.90 Å². The molecular formula is C19H24N4O4S2. The Hall–Kier alpha value is -2.01. The molecule has 0 atom stereocenters. The average molecular weight is 437 g/mol. The van der Waals surface area contributed by atoms with Crippen LogP contribution in [-0.4, -0.2) is 52.3 Å². The van der Waals surface area contributed by atoms with E-state index in [0.717, 1.165) is 31.2 Å². The smallest absolute Gasteiger partial charge is 0.243 e. The van der Waals surface area contributed by atoms with E-state index in [1.54, 1.807) is 12.1 Å². The van der Waals surface area contributed by atoms with Crippen LogP contribution in [0.2, 0.25) is 0 Å². The molecule has 29 heavy (non-hydrogen) atoms. The molecule has 4 rings (SSSR count). The fourth-order valence-corrected chi connectivity index (χ4v) is 5.84. The van der Waals surface area contributed by atoms with Gasteiger partial charge in [-0.15, -0.1) is 0 Å². The molecule has 0 saturated carbocycles. The van der Waals surface area contributed by atoms with Crippen LogP contribution in [-0.2, 0) is 32.9 Å². The van der Waals surface area contributed by atoms with Crippen LogP contribution in [0, 0.1) is 0 Å². The summed E-state index contributed by atoms with van der Waals surface area (Å²) in [6, 6.07) is 8.51. The lowest BCUT2D eigenvalue weighted by atomic mass is 9.92. The molecular weight excluding hydrogens is 412 g/mol. The quantitative estimate of drug-likeness (QED) is 0.768. The van der Waals surface area contributed by atoms with Gasteiger partial charge in [-0.3, -0.25) is 0 Å². The second-order valence-corrected chi connectivity index (χ2v) is 10.9. The molecule has 156 valence electrons. The highest BCUT2D eigenvalue weighted by atomic mass is 32.2. The largest absolute Gasteiger partial charge is 0.354 e. The molecule has 8 nitrogen and oxygen atoms in total. The molecule has 1 aliphatic heterocycles. The Kier molecular flexibility index (Phi) is 5.36. The molecule has 1 fully saturated rings. The molecule has 10 heteroatoms. The van der Waals surface area contributed by atoms with Gasteiger partial charge in [0.15, 0.2) is 0 Å². The number of rotatable bonds is 4. The van der Waals surface area contributed by atoms with Gasteiger partial charge in [0.1, 0.15) is 10.7 Å². The Bertz CT molecular complexity index is 1110. The van der Waals surface area contributed by atoms with E-state index >= 15 is 0 Å². The lowest BCUT2D eigenvalue weighted by Gasteiger charge is -2.34. The van der Waals surface area contributed by atoms with Gasteiger partial charge in [-0.05, 0) is 61.1 Å². The van der Waals surface area contributed by atoms with E-state index in [1.807, 2.05) is 17.0 Å². The number of aryl methyl sites for hydroxylation is 2. The van der Waals surface area contributed by atoms with Crippen LogP contribution in [0.25, 0.3) is 0 Å². The molecule has 2 N–H and O–H groups in total. The third-order valence-corrected chi connectivity index (χ3v) is 8.36. The molecule has 2 aliphatic rings. The molecule has 1 aromatic heterocycles. The van der Waals surface area contributed by atoms with Crippen LogP contribution < -0.4 is 10.0 Å². The number of pyridine rings is 1. The lowest BCUT2D eigenvalue weighted by Crippen LogP contribution is -2.48. The third kappa shape index (κ3) is 4.16. The van der Waals surface area contributed by atoms with Crippen LogP contribution >= 0.6 is 0 Å². The van der Waals surface area contributed by atoms with Crippen LogP contribution in [0.4, 0.5) is 5.82 Å². The number of hydrogen-bond acceptors (Lipinski definition) is 6. The zero-order valence-electron chi connectivity index (χ0n) is 16.0. The number of primary sulfonamides is 1. The van der Waals surface area contributed by atoms with Gasteiger partial charge in [0, 0.05) is 32.4 Å². The molecule has 1 aromatic carbocycles. The van der Waals surface area contributed by atoms with Crippen LogP contribution in [0.15, 0.2) is 46.3 Å². The van der Waals surface area contributed by atoms with Crippen molar-refractivity contribution < 1.29 is 16.8 Å². The maximum absolute atomic E-state index is 13.1. The van der Waals surface area contributed by atoms with E-state index in [4.69, 9.17) is 5.14 Å². The SMILES string of the molecule is NS(=O)(=O)c1ccc(N2CCN(S(=O)(=O)c3ccc4c(c3)CCCC4)CC2)nc1. The standard InChI is InChI=1S/C19H24N4O4S2/c20-28(24,25)18-7-8-19(21-14-18)22-9-11-23(12-10-22)29(26,27)17-6-5-15-3-1-2-4-16(15)13-17/h5-8,13-14H,1-4,9-12H2,(H2,20,24,25). The van der Waals surface area contributed by atoms with Gasteiger partial charge in [-0.2, -0.15) is 4.31 Å². The van der Waals surface area contributed by atoms with Gasteiger partial charge in [0.2, 0.25) is 20.0 Å². The van der Waals surface area contributed by atoms with Gasteiger partial charge in [0.05, 0.1) is 4.90 Å². The van der Waals surface area contributed by atoms with Crippen LogP contribution in [0.5, 0.6) is 0 Å². The Balaban J connectivity index is 1.46. The predicted octanol–water partition coefficient (Wildman–Crippen LogP) is 1.12. The number of piperazine rings is 1. The molecule has 2 aromatic rings. The average Bonchev–Trinajstić information content (AvgIpc) is 2.73. The summed E-state index contributed by atoms with van der Waals surface area (Å²) in [5, 5.41) is 5.09. The van der Waals surface area contributed by atoms with Crippen molar-refractivity contribution in [2.24, 2.45) is 5.14 Å². The number of benzene rings is 1. The summed E-state index contributed by atoms with van der Waals surface area (Å²) in [5.74, 6) is 0.600. The third-order valence-electron chi connectivity index (χ3n) is 5.57. The van der Waals surface area contributed by atoms with Crippen molar-refractivity contribution in [3.8, 4) is 0 Å². The number of aromatic nitrogens is 1. The Labute approximate surface area is 171 Å². The Morgan fingerprint density at radius 2 is 1.48 bits per heavy atom. The summed E-state index contributed by atoms with van der Waals surface area (Å²) < 4.78 is 50.4. The molecule has 0 amide bonds. The van der Waals surface area contributed by atoms with Crippen LogP contribution in [0.1, 0.15) is 24.0 Å². The predicted molar refractivity (Wildman–Crippen MR) is 110 cm³/mol. The van der Waals surface area contributed by atoms with Crippen LogP contribution in [0.3, 0.4) is 0 Å². The number of fused-ring (bicyclic) bond motifs is 1. The number of nitrogens with two attached hydrogens (primary N) is 1. The first-order chi connectivity index (χ1) is 13.7. The monoisotopic (exact) mass is 436 g/mol. The molecule has 0 bridgehead atoms. The number of hydrogen-bond donors (Lipinski definition) is 1. The molecule has 1 aliphatic carbocycles. The summed E-state index contributed by atoms with van der Waals surface area (Å²) >= 11 is 0. The first-order valence-corrected chi connectivity index (χ1v) is 12.6. The molecule has 0 radical (unpaired) electrons. The van der Waals surface area contributed by atoms with Crippen molar-refractivity contribution in [1.29, 1.82) is 0 Å². The van der Waals surface area contributed by atoms with Gasteiger partial charge in [0.25, 0.3) is 0 Å². The first-order valence-electron chi connectivity index (χ1n) is 9.61. The molecule has 2 heterocycles.